The Hall–Kier alpha value is -2.22. The molecule has 1 heterocycles. The molecule has 0 bridgehead atoms. The Morgan fingerprint density at radius 2 is 2.42 bits per heavy atom. The average molecular weight is 269 g/mol. The Kier molecular flexibility index (Phi) is 5.68. The van der Waals surface area contributed by atoms with Crippen molar-refractivity contribution in [1.29, 1.82) is 0 Å². The summed E-state index contributed by atoms with van der Waals surface area (Å²) in [5.74, 6) is -0.890. The minimum atomic E-state index is -0.990. The number of hydrogen-bond donors (Lipinski definition) is 2. The topological polar surface area (TPSA) is 115 Å². The predicted octanol–water partition coefficient (Wildman–Crippen LogP) is 1.28. The first-order valence-electron chi connectivity index (χ1n) is 5.71. The normalized spacial score (nSPS) is 11.8. The molecule has 1 atom stereocenters. The van der Waals surface area contributed by atoms with Gasteiger partial charge in [-0.25, -0.2) is 4.98 Å². The highest BCUT2D eigenvalue weighted by Gasteiger charge is 2.17. The van der Waals surface area contributed by atoms with E-state index in [2.05, 4.69) is 10.3 Å². The molecule has 1 aromatic heterocycles. The molecule has 0 aliphatic rings. The molecule has 0 aliphatic carbocycles. The van der Waals surface area contributed by atoms with Gasteiger partial charge in [0.05, 0.1) is 17.4 Å². The van der Waals surface area contributed by atoms with E-state index < -0.39 is 17.0 Å². The first-order chi connectivity index (χ1) is 9.04. The van der Waals surface area contributed by atoms with Crippen LogP contribution in [0.15, 0.2) is 18.3 Å². The summed E-state index contributed by atoms with van der Waals surface area (Å²) >= 11 is 0. The van der Waals surface area contributed by atoms with Crippen LogP contribution in [0.1, 0.15) is 13.3 Å². The van der Waals surface area contributed by atoms with Gasteiger partial charge in [0.15, 0.2) is 0 Å². The number of carboxylic acids is 1. The van der Waals surface area contributed by atoms with Crippen LogP contribution in [0, 0.1) is 10.1 Å². The predicted molar refractivity (Wildman–Crippen MR) is 67.0 cm³/mol. The number of rotatable bonds is 8. The number of hydrogen-bond acceptors (Lipinski definition) is 6. The van der Waals surface area contributed by atoms with Gasteiger partial charge in [0.25, 0.3) is 0 Å². The summed E-state index contributed by atoms with van der Waals surface area (Å²) in [5.41, 5.74) is -0.159. The molecule has 1 aromatic rings. The molecule has 1 rings (SSSR count). The largest absolute Gasteiger partial charge is 0.481 e. The number of anilines is 1. The van der Waals surface area contributed by atoms with Crippen LogP contribution in [-0.4, -0.2) is 40.2 Å². The fourth-order valence-electron chi connectivity index (χ4n) is 1.51. The van der Waals surface area contributed by atoms with Gasteiger partial charge < -0.3 is 15.2 Å². The van der Waals surface area contributed by atoms with Crippen molar-refractivity contribution in [3.05, 3.63) is 28.4 Å². The number of nitrogens with zero attached hydrogens (tertiary/aromatic N) is 2. The summed E-state index contributed by atoms with van der Waals surface area (Å²) in [5, 5.41) is 22.2. The number of nitrogens with one attached hydrogen (secondary N) is 1. The smallest absolute Gasteiger partial charge is 0.311 e. The quantitative estimate of drug-likeness (QED) is 0.539. The van der Waals surface area contributed by atoms with E-state index in [1.54, 1.807) is 6.92 Å². The molecule has 0 saturated heterocycles. The number of pyridine rings is 1. The Balaban J connectivity index is 2.68. The zero-order valence-electron chi connectivity index (χ0n) is 10.4. The number of aromatic nitrogens is 1. The van der Waals surface area contributed by atoms with Crippen molar-refractivity contribution in [2.75, 3.05) is 18.5 Å². The van der Waals surface area contributed by atoms with E-state index >= 15 is 0 Å². The van der Waals surface area contributed by atoms with Gasteiger partial charge in [-0.3, -0.25) is 14.9 Å². The van der Waals surface area contributed by atoms with Gasteiger partial charge >= 0.3 is 11.7 Å². The number of aliphatic carboxylic acids is 1. The third-order valence-electron chi connectivity index (χ3n) is 2.28. The summed E-state index contributed by atoms with van der Waals surface area (Å²) in [4.78, 5) is 24.7. The van der Waals surface area contributed by atoms with Gasteiger partial charge in [-0.1, -0.05) is 0 Å². The Morgan fingerprint density at radius 1 is 1.68 bits per heavy atom. The van der Waals surface area contributed by atoms with Gasteiger partial charge in [-0.2, -0.15) is 0 Å². The van der Waals surface area contributed by atoms with Gasteiger partial charge in [0, 0.05) is 25.4 Å². The summed E-state index contributed by atoms with van der Waals surface area (Å²) in [6.45, 7) is 2.25. The second-order valence-corrected chi connectivity index (χ2v) is 3.68. The molecule has 2 N–H and O–H groups in total. The van der Waals surface area contributed by atoms with Crippen LogP contribution in [-0.2, 0) is 9.53 Å². The third kappa shape index (κ3) is 4.88. The lowest BCUT2D eigenvalue weighted by atomic mass is 10.2. The fourth-order valence-corrected chi connectivity index (χ4v) is 1.51. The Morgan fingerprint density at radius 3 is 3.00 bits per heavy atom. The number of ether oxygens (including phenoxy) is 1. The van der Waals surface area contributed by atoms with Gasteiger partial charge in [-0.05, 0) is 13.0 Å². The number of carboxylic acid groups (broad SMARTS) is 1. The third-order valence-corrected chi connectivity index (χ3v) is 2.28. The van der Waals surface area contributed by atoms with E-state index in [0.717, 1.165) is 0 Å². The van der Waals surface area contributed by atoms with Crippen LogP contribution in [0.5, 0.6) is 0 Å². The summed E-state index contributed by atoms with van der Waals surface area (Å²) in [7, 11) is 0. The highest BCUT2D eigenvalue weighted by Crippen LogP contribution is 2.20. The van der Waals surface area contributed by atoms with Gasteiger partial charge in [-0.15, -0.1) is 0 Å². The van der Waals surface area contributed by atoms with Crippen molar-refractivity contribution >= 4 is 17.5 Å². The van der Waals surface area contributed by atoms with Crippen molar-refractivity contribution < 1.29 is 19.6 Å². The molecule has 0 amide bonds. The molecular weight excluding hydrogens is 254 g/mol. The second-order valence-electron chi connectivity index (χ2n) is 3.68. The zero-order valence-corrected chi connectivity index (χ0v) is 10.4. The fraction of sp³-hybridized carbons (Fsp3) is 0.455. The van der Waals surface area contributed by atoms with Crippen molar-refractivity contribution in [3.8, 4) is 0 Å². The maximum Gasteiger partial charge on any atom is 0.311 e. The van der Waals surface area contributed by atoms with Gasteiger partial charge in [0.1, 0.15) is 0 Å². The van der Waals surface area contributed by atoms with Crippen LogP contribution in [0.4, 0.5) is 11.5 Å². The molecule has 19 heavy (non-hydrogen) atoms. The molecule has 0 spiro atoms. The maximum atomic E-state index is 10.8. The molecule has 0 radical (unpaired) electrons. The van der Waals surface area contributed by atoms with Crippen LogP contribution < -0.4 is 5.32 Å². The SMILES string of the molecule is CCOC(CNc1ncccc1[N+](=O)[O-])CC(=O)O. The standard InChI is InChI=1S/C11H15N3O5/c1-2-19-8(6-10(15)16)7-13-11-9(14(17)18)4-3-5-12-11/h3-5,8H,2,6-7H2,1H3,(H,12,13)(H,15,16). The van der Waals surface area contributed by atoms with E-state index in [-0.39, 0.29) is 24.5 Å². The molecule has 0 fully saturated rings. The van der Waals surface area contributed by atoms with E-state index in [1.165, 1.54) is 18.3 Å². The first kappa shape index (κ1) is 14.8. The Bertz CT molecular complexity index is 452. The monoisotopic (exact) mass is 269 g/mol. The van der Waals surface area contributed by atoms with Crippen molar-refractivity contribution in [2.24, 2.45) is 0 Å². The Labute approximate surface area is 109 Å². The second kappa shape index (κ2) is 7.27. The summed E-state index contributed by atoms with van der Waals surface area (Å²) < 4.78 is 5.23. The number of carbonyl (C=O) groups is 1. The van der Waals surface area contributed by atoms with Crippen LogP contribution in [0.25, 0.3) is 0 Å². The molecule has 0 saturated carbocycles. The first-order valence-corrected chi connectivity index (χ1v) is 5.71. The highest BCUT2D eigenvalue weighted by molar-refractivity contribution is 5.67. The molecular formula is C11H15N3O5. The van der Waals surface area contributed by atoms with Crippen LogP contribution >= 0.6 is 0 Å². The summed E-state index contributed by atoms with van der Waals surface area (Å²) in [6.07, 6.45) is 0.674. The lowest BCUT2D eigenvalue weighted by Crippen LogP contribution is -2.26. The molecule has 1 unspecified atom stereocenters. The van der Waals surface area contributed by atoms with E-state index in [1.807, 2.05) is 0 Å². The minimum absolute atomic E-state index is 0.0996. The van der Waals surface area contributed by atoms with Crippen molar-refractivity contribution in [1.82, 2.24) is 4.98 Å². The van der Waals surface area contributed by atoms with Gasteiger partial charge in [0.2, 0.25) is 5.82 Å². The molecule has 104 valence electrons. The lowest BCUT2D eigenvalue weighted by molar-refractivity contribution is -0.384. The van der Waals surface area contributed by atoms with E-state index in [0.29, 0.717) is 6.61 Å². The lowest BCUT2D eigenvalue weighted by Gasteiger charge is -2.15. The number of nitro groups is 1. The molecule has 8 nitrogen and oxygen atoms in total. The minimum Gasteiger partial charge on any atom is -0.481 e. The molecule has 0 aromatic carbocycles. The highest BCUT2D eigenvalue weighted by atomic mass is 16.6. The summed E-state index contributed by atoms with van der Waals surface area (Å²) in [6, 6.07) is 2.78. The molecule has 8 heteroatoms. The van der Waals surface area contributed by atoms with Crippen LogP contribution in [0.3, 0.4) is 0 Å². The maximum absolute atomic E-state index is 10.8. The van der Waals surface area contributed by atoms with Crippen LogP contribution in [0.2, 0.25) is 0 Å². The van der Waals surface area contributed by atoms with E-state index in [9.17, 15) is 14.9 Å². The van der Waals surface area contributed by atoms with Crippen molar-refractivity contribution in [3.63, 3.8) is 0 Å². The zero-order chi connectivity index (χ0) is 14.3. The molecule has 0 aliphatic heterocycles. The van der Waals surface area contributed by atoms with Crippen molar-refractivity contribution in [2.45, 2.75) is 19.4 Å². The average Bonchev–Trinajstić information content (AvgIpc) is 2.36. The van der Waals surface area contributed by atoms with E-state index in [4.69, 9.17) is 9.84 Å².